The fourth-order valence-corrected chi connectivity index (χ4v) is 4.00. The highest BCUT2D eigenvalue weighted by molar-refractivity contribution is 7.98. The van der Waals surface area contributed by atoms with E-state index in [0.717, 1.165) is 27.3 Å². The van der Waals surface area contributed by atoms with Crippen LogP contribution in [0, 0.1) is 0 Å². The number of carbonyl (C=O) groups is 2. The molecule has 0 heterocycles. The molecule has 0 aliphatic heterocycles. The Morgan fingerprint density at radius 1 is 0.844 bits per heavy atom. The molecule has 166 valence electrons. The molecule has 3 aromatic carbocycles. The van der Waals surface area contributed by atoms with Gasteiger partial charge in [-0.2, -0.15) is 0 Å². The molecule has 0 aliphatic carbocycles. The zero-order valence-electron chi connectivity index (χ0n) is 18.7. The number of likely N-dealkylation sites (N-methyl/N-ethyl adjacent to an activating group) is 1. The van der Waals surface area contributed by atoms with E-state index in [0.29, 0.717) is 0 Å². The van der Waals surface area contributed by atoms with Crippen molar-refractivity contribution >= 4 is 29.3 Å². The van der Waals surface area contributed by atoms with Gasteiger partial charge in [0.15, 0.2) is 0 Å². The number of nitrogens with one attached hydrogen (secondary N) is 2. The first kappa shape index (κ1) is 23.6. The smallest absolute Gasteiger partial charge is 0.238 e. The Balaban J connectivity index is 1.48. The summed E-state index contributed by atoms with van der Waals surface area (Å²) in [5.41, 5.74) is 4.12. The zero-order chi connectivity index (χ0) is 22.9. The first-order valence-electron chi connectivity index (χ1n) is 10.5. The fraction of sp³-hybridized carbons (Fsp3) is 0.231. The number of thioether (sulfide) groups is 1. The molecule has 32 heavy (non-hydrogen) atoms. The van der Waals surface area contributed by atoms with E-state index in [1.807, 2.05) is 67.8 Å². The summed E-state index contributed by atoms with van der Waals surface area (Å²) < 4.78 is 0. The molecule has 2 amide bonds. The number of nitrogens with zero attached hydrogens (tertiary/aromatic N) is 1. The van der Waals surface area contributed by atoms with Crippen LogP contribution in [0.3, 0.4) is 0 Å². The second kappa shape index (κ2) is 11.5. The molecular weight excluding hydrogens is 418 g/mol. The molecule has 3 rings (SSSR count). The molecule has 5 nitrogen and oxygen atoms in total. The number of amides is 2. The van der Waals surface area contributed by atoms with E-state index >= 15 is 0 Å². The molecule has 0 radical (unpaired) electrons. The molecule has 6 heteroatoms. The number of para-hydroxylation sites is 1. The number of carbonyl (C=O) groups excluding carboxylic acids is 2. The first-order chi connectivity index (χ1) is 15.5. The first-order valence-corrected chi connectivity index (χ1v) is 11.7. The Hall–Kier alpha value is -3.09. The van der Waals surface area contributed by atoms with Crippen molar-refractivity contribution < 1.29 is 9.59 Å². The van der Waals surface area contributed by atoms with Gasteiger partial charge in [0.2, 0.25) is 11.8 Å². The molecule has 0 saturated carbocycles. The van der Waals surface area contributed by atoms with Gasteiger partial charge >= 0.3 is 0 Å². The number of hydrogen-bond acceptors (Lipinski definition) is 4. The number of rotatable bonds is 9. The van der Waals surface area contributed by atoms with Crippen molar-refractivity contribution in [3.63, 3.8) is 0 Å². The van der Waals surface area contributed by atoms with Crippen molar-refractivity contribution in [3.8, 4) is 11.1 Å². The summed E-state index contributed by atoms with van der Waals surface area (Å²) in [5.74, 6) is -0.268. The molecule has 2 N–H and O–H groups in total. The molecule has 0 aromatic heterocycles. The van der Waals surface area contributed by atoms with Gasteiger partial charge in [0.05, 0.1) is 24.8 Å². The van der Waals surface area contributed by atoms with Crippen LogP contribution in [0.25, 0.3) is 11.1 Å². The van der Waals surface area contributed by atoms with Crippen LogP contribution in [0.2, 0.25) is 0 Å². The third kappa shape index (κ3) is 6.70. The van der Waals surface area contributed by atoms with Gasteiger partial charge in [-0.1, -0.05) is 66.7 Å². The van der Waals surface area contributed by atoms with Crippen LogP contribution >= 0.6 is 11.8 Å². The molecule has 0 aliphatic rings. The van der Waals surface area contributed by atoms with Gasteiger partial charge in [-0.25, -0.2) is 0 Å². The lowest BCUT2D eigenvalue weighted by Crippen LogP contribution is -2.39. The van der Waals surface area contributed by atoms with Crippen molar-refractivity contribution in [3.05, 3.63) is 84.4 Å². The Bertz CT molecular complexity index is 1040. The van der Waals surface area contributed by atoms with Gasteiger partial charge in [-0.05, 0) is 49.1 Å². The Morgan fingerprint density at radius 2 is 1.44 bits per heavy atom. The number of hydrogen-bond donors (Lipinski definition) is 2. The van der Waals surface area contributed by atoms with Gasteiger partial charge in [-0.15, -0.1) is 11.8 Å². The average Bonchev–Trinajstić information content (AvgIpc) is 2.79. The summed E-state index contributed by atoms with van der Waals surface area (Å²) in [6.45, 7) is 2.24. The molecule has 1 atom stereocenters. The molecular formula is C26H29N3O2S. The normalized spacial score (nSPS) is 11.8. The minimum absolute atomic E-state index is 0.121. The van der Waals surface area contributed by atoms with Crippen molar-refractivity contribution in [1.82, 2.24) is 10.2 Å². The SMILES string of the molecule is CSc1ccccc1NC(=O)CN(C)CC(=O)N[C@H](C)c1ccc(-c2ccccc2)cc1. The van der Waals surface area contributed by atoms with Gasteiger partial charge in [0.1, 0.15) is 0 Å². The summed E-state index contributed by atoms with van der Waals surface area (Å²) in [7, 11) is 1.76. The third-order valence-corrected chi connectivity index (χ3v) is 5.90. The van der Waals surface area contributed by atoms with Gasteiger partial charge in [-0.3, -0.25) is 14.5 Å². The fourth-order valence-electron chi connectivity index (χ4n) is 3.45. The maximum Gasteiger partial charge on any atom is 0.238 e. The van der Waals surface area contributed by atoms with Crippen molar-refractivity contribution in [1.29, 1.82) is 0 Å². The van der Waals surface area contributed by atoms with E-state index < -0.39 is 0 Å². The van der Waals surface area contributed by atoms with Crippen LogP contribution in [0.15, 0.2) is 83.8 Å². The Labute approximate surface area is 194 Å². The van der Waals surface area contributed by atoms with E-state index in [9.17, 15) is 9.59 Å². The highest BCUT2D eigenvalue weighted by atomic mass is 32.2. The predicted octanol–water partition coefficient (Wildman–Crippen LogP) is 4.82. The zero-order valence-corrected chi connectivity index (χ0v) is 19.5. The number of anilines is 1. The lowest BCUT2D eigenvalue weighted by atomic mass is 10.0. The van der Waals surface area contributed by atoms with Gasteiger partial charge in [0, 0.05) is 4.90 Å². The number of benzene rings is 3. The molecule has 0 spiro atoms. The van der Waals surface area contributed by atoms with Crippen LogP contribution in [-0.4, -0.2) is 43.1 Å². The minimum Gasteiger partial charge on any atom is -0.348 e. The molecule has 0 fully saturated rings. The van der Waals surface area contributed by atoms with Crippen molar-refractivity contribution in [2.75, 3.05) is 31.7 Å². The van der Waals surface area contributed by atoms with E-state index in [2.05, 4.69) is 34.9 Å². The molecule has 0 bridgehead atoms. The Kier molecular flexibility index (Phi) is 8.48. The third-order valence-electron chi connectivity index (χ3n) is 5.10. The highest BCUT2D eigenvalue weighted by Crippen LogP contribution is 2.24. The van der Waals surface area contributed by atoms with E-state index in [-0.39, 0.29) is 30.9 Å². The summed E-state index contributed by atoms with van der Waals surface area (Å²) in [6, 6.07) is 25.9. The molecule has 0 unspecified atom stereocenters. The lowest BCUT2D eigenvalue weighted by Gasteiger charge is -2.19. The minimum atomic E-state index is -0.147. The van der Waals surface area contributed by atoms with E-state index in [4.69, 9.17) is 0 Å². The van der Waals surface area contributed by atoms with Gasteiger partial charge in [0.25, 0.3) is 0 Å². The largest absolute Gasteiger partial charge is 0.348 e. The van der Waals surface area contributed by atoms with E-state index in [1.165, 1.54) is 0 Å². The maximum absolute atomic E-state index is 12.5. The van der Waals surface area contributed by atoms with Gasteiger partial charge < -0.3 is 10.6 Å². The maximum atomic E-state index is 12.5. The van der Waals surface area contributed by atoms with Crippen LogP contribution in [0.5, 0.6) is 0 Å². The van der Waals surface area contributed by atoms with Crippen LogP contribution in [0.4, 0.5) is 5.69 Å². The lowest BCUT2D eigenvalue weighted by molar-refractivity contribution is -0.123. The Morgan fingerprint density at radius 3 is 2.12 bits per heavy atom. The highest BCUT2D eigenvalue weighted by Gasteiger charge is 2.14. The van der Waals surface area contributed by atoms with Crippen molar-refractivity contribution in [2.45, 2.75) is 17.9 Å². The molecule has 0 saturated heterocycles. The topological polar surface area (TPSA) is 61.4 Å². The second-order valence-corrected chi connectivity index (χ2v) is 8.55. The second-order valence-electron chi connectivity index (χ2n) is 7.70. The van der Waals surface area contributed by atoms with Crippen LogP contribution in [-0.2, 0) is 9.59 Å². The summed E-state index contributed by atoms with van der Waals surface area (Å²) >= 11 is 1.58. The van der Waals surface area contributed by atoms with Crippen LogP contribution in [0.1, 0.15) is 18.5 Å². The standard InChI is InChI=1S/C26H29N3O2S/c1-19(20-13-15-22(16-14-20)21-9-5-4-6-10-21)27-25(30)17-29(2)18-26(31)28-23-11-7-8-12-24(23)32-3/h4-16,19H,17-18H2,1-3H3,(H,27,30)(H,28,31)/t19-/m1/s1. The predicted molar refractivity (Wildman–Crippen MR) is 133 cm³/mol. The van der Waals surface area contributed by atoms with E-state index in [1.54, 1.807) is 23.7 Å². The van der Waals surface area contributed by atoms with Crippen LogP contribution < -0.4 is 10.6 Å². The molecule has 3 aromatic rings. The summed E-state index contributed by atoms with van der Waals surface area (Å²) in [4.78, 5) is 27.6. The summed E-state index contributed by atoms with van der Waals surface area (Å²) in [5, 5.41) is 5.93. The van der Waals surface area contributed by atoms with Crippen molar-refractivity contribution in [2.24, 2.45) is 0 Å². The summed E-state index contributed by atoms with van der Waals surface area (Å²) in [6.07, 6.45) is 1.97. The quantitative estimate of drug-likeness (QED) is 0.462. The monoisotopic (exact) mass is 447 g/mol. The average molecular weight is 448 g/mol.